The highest BCUT2D eigenvalue weighted by molar-refractivity contribution is 7.89. The molecule has 0 saturated heterocycles. The topological polar surface area (TPSA) is 133 Å². The number of aryl methyl sites for hydroxylation is 2. The van der Waals surface area contributed by atoms with Crippen LogP contribution in [0.15, 0.2) is 47.4 Å². The number of para-hydroxylation sites is 1. The van der Waals surface area contributed by atoms with Crippen LogP contribution in [0.2, 0.25) is 0 Å². The predicted molar refractivity (Wildman–Crippen MR) is 139 cm³/mol. The van der Waals surface area contributed by atoms with Gasteiger partial charge in [-0.3, -0.25) is 19.7 Å². The maximum atomic E-state index is 13.3. The average molecular weight is 531 g/mol. The van der Waals surface area contributed by atoms with Gasteiger partial charge in [-0.05, 0) is 75.6 Å². The van der Waals surface area contributed by atoms with Gasteiger partial charge >= 0.3 is 5.97 Å². The van der Waals surface area contributed by atoms with Gasteiger partial charge in [-0.25, -0.2) is 13.1 Å². The molecule has 1 aliphatic rings. The Labute approximate surface area is 217 Å². The van der Waals surface area contributed by atoms with Crippen LogP contribution >= 0.6 is 0 Å². The van der Waals surface area contributed by atoms with E-state index in [9.17, 15) is 28.1 Å². The summed E-state index contributed by atoms with van der Waals surface area (Å²) in [4.78, 5) is 36.4. The quantitative estimate of drug-likeness (QED) is 0.260. The first-order valence-corrected chi connectivity index (χ1v) is 13.9. The SMILES string of the molecule is CC[C@H](NS(=O)(=O)c1ccccc1[N+](=O)[O-])C(=O)C[C@@H](Cc1ccc2c(c1)CCC2)C(=O)OC(C)(C)C. The van der Waals surface area contributed by atoms with Crippen molar-refractivity contribution in [1.82, 2.24) is 4.72 Å². The van der Waals surface area contributed by atoms with E-state index in [1.165, 1.54) is 23.3 Å². The monoisotopic (exact) mass is 530 g/mol. The second kappa shape index (κ2) is 11.5. The van der Waals surface area contributed by atoms with Gasteiger partial charge in [0.25, 0.3) is 5.69 Å². The van der Waals surface area contributed by atoms with Gasteiger partial charge in [0.2, 0.25) is 10.0 Å². The number of nitro benzene ring substituents is 1. The third kappa shape index (κ3) is 7.45. The zero-order chi connectivity index (χ0) is 27.4. The molecule has 0 spiro atoms. The number of rotatable bonds is 11. The van der Waals surface area contributed by atoms with E-state index in [2.05, 4.69) is 16.9 Å². The summed E-state index contributed by atoms with van der Waals surface area (Å²) in [5.74, 6) is -1.82. The largest absolute Gasteiger partial charge is 0.460 e. The third-order valence-corrected chi connectivity index (χ3v) is 7.80. The molecule has 0 heterocycles. The molecule has 0 bridgehead atoms. The first-order valence-electron chi connectivity index (χ1n) is 12.4. The summed E-state index contributed by atoms with van der Waals surface area (Å²) in [6, 6.07) is 9.88. The molecule has 0 aliphatic heterocycles. The van der Waals surface area contributed by atoms with Crippen molar-refractivity contribution in [3.05, 3.63) is 69.3 Å². The maximum absolute atomic E-state index is 13.3. The molecule has 3 rings (SSSR count). The van der Waals surface area contributed by atoms with Crippen molar-refractivity contribution in [1.29, 1.82) is 0 Å². The number of Topliss-reactive ketones (excluding diaryl/α,β-unsaturated/α-hetero) is 1. The minimum Gasteiger partial charge on any atom is -0.460 e. The number of hydrogen-bond donors (Lipinski definition) is 1. The van der Waals surface area contributed by atoms with Crippen LogP contribution in [0, 0.1) is 16.0 Å². The lowest BCUT2D eigenvalue weighted by atomic mass is 9.90. The van der Waals surface area contributed by atoms with Gasteiger partial charge in [0.15, 0.2) is 10.7 Å². The van der Waals surface area contributed by atoms with Gasteiger partial charge in [-0.2, -0.15) is 0 Å². The average Bonchev–Trinajstić information content (AvgIpc) is 3.29. The zero-order valence-corrected chi connectivity index (χ0v) is 22.5. The number of carbonyl (C=O) groups is 2. The Bertz CT molecular complexity index is 1280. The predicted octanol–water partition coefficient (Wildman–Crippen LogP) is 4.30. The number of nitrogens with zero attached hydrogens (tertiary/aromatic N) is 1. The van der Waals surface area contributed by atoms with E-state index in [-0.39, 0.29) is 19.3 Å². The lowest BCUT2D eigenvalue weighted by Gasteiger charge is -2.25. The van der Waals surface area contributed by atoms with Crippen LogP contribution in [0.4, 0.5) is 5.69 Å². The van der Waals surface area contributed by atoms with Crippen molar-refractivity contribution in [3.63, 3.8) is 0 Å². The molecule has 9 nitrogen and oxygen atoms in total. The van der Waals surface area contributed by atoms with Crippen LogP contribution < -0.4 is 4.72 Å². The molecule has 2 aromatic rings. The van der Waals surface area contributed by atoms with E-state index in [1.54, 1.807) is 27.7 Å². The first kappa shape index (κ1) is 28.5. The fraction of sp³-hybridized carbons (Fsp3) is 0.481. The minimum absolute atomic E-state index is 0.110. The number of nitrogens with one attached hydrogen (secondary N) is 1. The van der Waals surface area contributed by atoms with Crippen LogP contribution in [0.3, 0.4) is 0 Å². The summed E-state index contributed by atoms with van der Waals surface area (Å²) in [5.41, 5.74) is 2.12. The molecule has 37 heavy (non-hydrogen) atoms. The van der Waals surface area contributed by atoms with Crippen molar-refractivity contribution in [2.75, 3.05) is 0 Å². The van der Waals surface area contributed by atoms with Crippen molar-refractivity contribution in [2.45, 2.75) is 82.8 Å². The highest BCUT2D eigenvalue weighted by atomic mass is 32.2. The van der Waals surface area contributed by atoms with Crippen LogP contribution in [-0.2, 0) is 43.6 Å². The normalized spacial score (nSPS) is 15.0. The molecular weight excluding hydrogens is 496 g/mol. The molecule has 2 atom stereocenters. The molecule has 200 valence electrons. The lowest BCUT2D eigenvalue weighted by molar-refractivity contribution is -0.387. The van der Waals surface area contributed by atoms with E-state index in [0.717, 1.165) is 37.0 Å². The Hall–Kier alpha value is -3.11. The molecule has 0 saturated carbocycles. The molecule has 0 aromatic heterocycles. The summed E-state index contributed by atoms with van der Waals surface area (Å²) in [5, 5.41) is 11.3. The summed E-state index contributed by atoms with van der Waals surface area (Å²) < 4.78 is 33.9. The Morgan fingerprint density at radius 3 is 2.43 bits per heavy atom. The fourth-order valence-electron chi connectivity index (χ4n) is 4.51. The van der Waals surface area contributed by atoms with Crippen molar-refractivity contribution >= 4 is 27.5 Å². The molecule has 0 radical (unpaired) electrons. The van der Waals surface area contributed by atoms with Crippen LogP contribution in [0.1, 0.15) is 63.6 Å². The summed E-state index contributed by atoms with van der Waals surface area (Å²) >= 11 is 0. The summed E-state index contributed by atoms with van der Waals surface area (Å²) in [6.07, 6.45) is 3.25. The number of fused-ring (bicyclic) bond motifs is 1. The molecule has 2 aromatic carbocycles. The number of carbonyl (C=O) groups excluding carboxylic acids is 2. The van der Waals surface area contributed by atoms with Crippen LogP contribution in [-0.4, -0.2) is 36.7 Å². The smallest absolute Gasteiger partial charge is 0.310 e. The molecule has 0 amide bonds. The zero-order valence-electron chi connectivity index (χ0n) is 21.7. The highest BCUT2D eigenvalue weighted by Gasteiger charge is 2.33. The molecule has 10 heteroatoms. The first-order chi connectivity index (χ1) is 17.3. The van der Waals surface area contributed by atoms with E-state index in [1.807, 2.05) is 6.07 Å². The second-order valence-corrected chi connectivity index (χ2v) is 12.1. The molecular formula is C27H34N2O7S. The minimum atomic E-state index is -4.37. The van der Waals surface area contributed by atoms with E-state index < -0.39 is 54.8 Å². The van der Waals surface area contributed by atoms with Gasteiger partial charge in [0.05, 0.1) is 16.9 Å². The van der Waals surface area contributed by atoms with Crippen molar-refractivity contribution in [3.8, 4) is 0 Å². The fourth-order valence-corrected chi connectivity index (χ4v) is 5.98. The number of sulfonamides is 1. The van der Waals surface area contributed by atoms with Gasteiger partial charge < -0.3 is 4.74 Å². The van der Waals surface area contributed by atoms with Crippen LogP contribution in [0.25, 0.3) is 0 Å². The van der Waals surface area contributed by atoms with Gasteiger partial charge in [-0.15, -0.1) is 0 Å². The Kier molecular flexibility index (Phi) is 8.86. The number of benzene rings is 2. The molecule has 0 unspecified atom stereocenters. The summed E-state index contributed by atoms with van der Waals surface area (Å²) in [7, 11) is -4.37. The highest BCUT2D eigenvalue weighted by Crippen LogP contribution is 2.27. The number of nitro groups is 1. The van der Waals surface area contributed by atoms with Gasteiger partial charge in [0, 0.05) is 12.5 Å². The maximum Gasteiger partial charge on any atom is 0.310 e. The Balaban J connectivity index is 1.82. The van der Waals surface area contributed by atoms with Crippen molar-refractivity contribution in [2.24, 2.45) is 5.92 Å². The van der Waals surface area contributed by atoms with E-state index in [0.29, 0.717) is 0 Å². The molecule has 1 aliphatic carbocycles. The van der Waals surface area contributed by atoms with Gasteiger partial charge in [0.1, 0.15) is 5.60 Å². The number of ether oxygens (including phenoxy) is 1. The molecule has 1 N–H and O–H groups in total. The number of ketones is 1. The molecule has 0 fully saturated rings. The van der Waals surface area contributed by atoms with Crippen molar-refractivity contribution < 1.29 is 27.7 Å². The Morgan fingerprint density at radius 2 is 1.78 bits per heavy atom. The standard InChI is InChI=1S/C27H34N2O7S/c1-5-22(28-37(34,35)25-12-7-6-11-23(25)29(32)33)24(30)17-21(26(31)36-27(2,3)4)16-18-13-14-19-9-8-10-20(19)15-18/h6-7,11-15,21-22,28H,5,8-10,16-17H2,1-4H3/t21-,22+/m1/s1. The lowest BCUT2D eigenvalue weighted by Crippen LogP contribution is -2.42. The second-order valence-electron chi connectivity index (χ2n) is 10.4. The van der Waals surface area contributed by atoms with Crippen LogP contribution in [0.5, 0.6) is 0 Å². The number of esters is 1. The summed E-state index contributed by atoms with van der Waals surface area (Å²) in [6.45, 7) is 6.87. The Morgan fingerprint density at radius 1 is 1.11 bits per heavy atom. The van der Waals surface area contributed by atoms with Gasteiger partial charge in [-0.1, -0.05) is 37.3 Å². The van der Waals surface area contributed by atoms with E-state index >= 15 is 0 Å². The number of hydrogen-bond acceptors (Lipinski definition) is 7. The third-order valence-electron chi connectivity index (χ3n) is 6.28. The van der Waals surface area contributed by atoms with E-state index in [4.69, 9.17) is 4.74 Å².